The summed E-state index contributed by atoms with van der Waals surface area (Å²) in [5.41, 5.74) is 7.16. The fraction of sp³-hybridized carbons (Fsp3) is 0.267. The summed E-state index contributed by atoms with van der Waals surface area (Å²) in [6, 6.07) is 13.3. The molecule has 1 aliphatic heterocycles. The summed E-state index contributed by atoms with van der Waals surface area (Å²) in [7, 11) is 0. The van der Waals surface area contributed by atoms with Gasteiger partial charge in [-0.1, -0.05) is 18.2 Å². The summed E-state index contributed by atoms with van der Waals surface area (Å²) in [5, 5.41) is 0. The number of pyridine rings is 1. The molecule has 0 spiro atoms. The van der Waals surface area contributed by atoms with E-state index >= 15 is 0 Å². The van der Waals surface area contributed by atoms with Gasteiger partial charge in [0.2, 0.25) is 0 Å². The molecule has 98 valence electrons. The molecule has 1 aliphatic rings. The molecule has 0 saturated carbocycles. The van der Waals surface area contributed by atoms with Gasteiger partial charge in [-0.3, -0.25) is 4.98 Å². The number of nitrogens with two attached hydrogens (primary N) is 1. The summed E-state index contributed by atoms with van der Waals surface area (Å²) >= 11 is 0. The number of fused-ring (bicyclic) bond motifs is 1. The number of hydrogen-bond acceptors (Lipinski definition) is 4. The van der Waals surface area contributed by atoms with Crippen LogP contribution < -0.4 is 15.2 Å². The number of benzene rings is 1. The highest BCUT2D eigenvalue weighted by atomic mass is 16.6. The van der Waals surface area contributed by atoms with Crippen LogP contribution >= 0.6 is 0 Å². The number of rotatable bonds is 3. The van der Waals surface area contributed by atoms with Gasteiger partial charge in [-0.25, -0.2) is 0 Å². The third kappa shape index (κ3) is 2.69. The van der Waals surface area contributed by atoms with Crippen LogP contribution in [0.25, 0.3) is 0 Å². The lowest BCUT2D eigenvalue weighted by molar-refractivity contribution is 0.0720. The lowest BCUT2D eigenvalue weighted by atomic mass is 10.1. The van der Waals surface area contributed by atoms with Crippen LogP contribution in [0.5, 0.6) is 11.5 Å². The Morgan fingerprint density at radius 3 is 2.74 bits per heavy atom. The smallest absolute Gasteiger partial charge is 0.161 e. The minimum atomic E-state index is -0.142. The molecule has 1 aromatic carbocycles. The van der Waals surface area contributed by atoms with Crippen molar-refractivity contribution >= 4 is 0 Å². The summed E-state index contributed by atoms with van der Waals surface area (Å²) < 4.78 is 11.6. The first-order chi connectivity index (χ1) is 9.33. The van der Waals surface area contributed by atoms with Crippen LogP contribution in [-0.4, -0.2) is 23.7 Å². The van der Waals surface area contributed by atoms with Gasteiger partial charge >= 0.3 is 0 Å². The van der Waals surface area contributed by atoms with Gasteiger partial charge in [0.15, 0.2) is 11.5 Å². The molecule has 1 aromatic heterocycles. The molecule has 0 bridgehead atoms. The third-order valence-corrected chi connectivity index (χ3v) is 3.18. The van der Waals surface area contributed by atoms with Crippen LogP contribution in [0.1, 0.15) is 5.69 Å². The Hall–Kier alpha value is -2.07. The van der Waals surface area contributed by atoms with Crippen LogP contribution in [0.4, 0.5) is 0 Å². The standard InChI is InChI=1S/C15H16N2O2/c16-12(9-11-5-3-4-8-17-11)15-10-18-13-6-1-2-7-14(13)19-15/h1-8,12,15H,9-10,16H2/t12-,15+/m1/s1. The molecular weight excluding hydrogens is 240 g/mol. The van der Waals surface area contributed by atoms with E-state index in [0.29, 0.717) is 13.0 Å². The Balaban J connectivity index is 1.68. The molecule has 3 rings (SSSR count). The maximum absolute atomic E-state index is 6.19. The topological polar surface area (TPSA) is 57.4 Å². The Labute approximate surface area is 112 Å². The van der Waals surface area contributed by atoms with Gasteiger partial charge < -0.3 is 15.2 Å². The molecule has 0 unspecified atom stereocenters. The number of para-hydroxylation sites is 2. The lowest BCUT2D eigenvalue weighted by Gasteiger charge is -2.30. The van der Waals surface area contributed by atoms with E-state index in [1.165, 1.54) is 0 Å². The van der Waals surface area contributed by atoms with Gasteiger partial charge in [0.1, 0.15) is 12.7 Å². The molecule has 2 aromatic rings. The van der Waals surface area contributed by atoms with Crippen LogP contribution in [0.15, 0.2) is 48.7 Å². The molecular formula is C15H16N2O2. The van der Waals surface area contributed by atoms with Gasteiger partial charge in [-0.2, -0.15) is 0 Å². The maximum Gasteiger partial charge on any atom is 0.161 e. The fourth-order valence-corrected chi connectivity index (χ4v) is 2.14. The SMILES string of the molecule is N[C@H](Cc1ccccn1)[C@@H]1COc2ccccc2O1. The second-order valence-corrected chi connectivity index (χ2v) is 4.60. The molecule has 19 heavy (non-hydrogen) atoms. The molecule has 0 amide bonds. The van der Waals surface area contributed by atoms with Crippen molar-refractivity contribution in [3.63, 3.8) is 0 Å². The molecule has 4 nitrogen and oxygen atoms in total. The molecule has 0 saturated heterocycles. The van der Waals surface area contributed by atoms with Crippen molar-refractivity contribution in [1.82, 2.24) is 4.98 Å². The normalized spacial score (nSPS) is 18.9. The first kappa shape index (κ1) is 12.0. The quantitative estimate of drug-likeness (QED) is 0.909. The average molecular weight is 256 g/mol. The molecule has 2 N–H and O–H groups in total. The zero-order valence-corrected chi connectivity index (χ0v) is 10.5. The van der Waals surface area contributed by atoms with Gasteiger partial charge in [-0.15, -0.1) is 0 Å². The number of aromatic nitrogens is 1. The Kier molecular flexibility index (Phi) is 3.33. The highest BCUT2D eigenvalue weighted by molar-refractivity contribution is 5.40. The maximum atomic E-state index is 6.19. The summed E-state index contributed by atoms with van der Waals surface area (Å²) in [4.78, 5) is 4.28. The average Bonchev–Trinajstić information content (AvgIpc) is 2.48. The Morgan fingerprint density at radius 1 is 1.16 bits per heavy atom. The molecule has 0 aliphatic carbocycles. The zero-order chi connectivity index (χ0) is 13.1. The van der Waals surface area contributed by atoms with Gasteiger partial charge in [0.05, 0.1) is 6.04 Å². The second-order valence-electron chi connectivity index (χ2n) is 4.60. The third-order valence-electron chi connectivity index (χ3n) is 3.18. The van der Waals surface area contributed by atoms with Gasteiger partial charge in [0.25, 0.3) is 0 Å². The minimum absolute atomic E-state index is 0.136. The van der Waals surface area contributed by atoms with Crippen molar-refractivity contribution in [2.45, 2.75) is 18.6 Å². The number of nitrogens with zero attached hydrogens (tertiary/aromatic N) is 1. The molecule has 0 fully saturated rings. The van der Waals surface area contributed by atoms with E-state index in [1.54, 1.807) is 6.20 Å². The lowest BCUT2D eigenvalue weighted by Crippen LogP contribution is -2.46. The van der Waals surface area contributed by atoms with Crippen LogP contribution in [0.3, 0.4) is 0 Å². The molecule has 0 radical (unpaired) electrons. The fourth-order valence-electron chi connectivity index (χ4n) is 2.14. The van der Waals surface area contributed by atoms with Crippen LogP contribution in [0.2, 0.25) is 0 Å². The Bertz CT molecular complexity index is 545. The first-order valence-corrected chi connectivity index (χ1v) is 6.37. The Morgan fingerprint density at radius 2 is 1.95 bits per heavy atom. The van der Waals surface area contributed by atoms with Gasteiger partial charge in [0, 0.05) is 18.3 Å². The minimum Gasteiger partial charge on any atom is -0.486 e. The van der Waals surface area contributed by atoms with Crippen molar-refractivity contribution < 1.29 is 9.47 Å². The second kappa shape index (κ2) is 5.28. The van der Waals surface area contributed by atoms with E-state index in [2.05, 4.69) is 4.98 Å². The highest BCUT2D eigenvalue weighted by Gasteiger charge is 2.26. The van der Waals surface area contributed by atoms with E-state index in [4.69, 9.17) is 15.2 Å². The largest absolute Gasteiger partial charge is 0.486 e. The molecule has 2 heterocycles. The van der Waals surface area contributed by atoms with Crippen LogP contribution in [0, 0.1) is 0 Å². The number of hydrogen-bond donors (Lipinski definition) is 1. The monoisotopic (exact) mass is 256 g/mol. The predicted molar refractivity (Wildman–Crippen MR) is 72.3 cm³/mol. The summed E-state index contributed by atoms with van der Waals surface area (Å²) in [5.74, 6) is 1.54. The van der Waals surface area contributed by atoms with E-state index in [-0.39, 0.29) is 12.1 Å². The highest BCUT2D eigenvalue weighted by Crippen LogP contribution is 2.31. The van der Waals surface area contributed by atoms with E-state index < -0.39 is 0 Å². The van der Waals surface area contributed by atoms with Crippen molar-refractivity contribution in [2.24, 2.45) is 5.73 Å². The van der Waals surface area contributed by atoms with Crippen LogP contribution in [-0.2, 0) is 6.42 Å². The zero-order valence-electron chi connectivity index (χ0n) is 10.5. The first-order valence-electron chi connectivity index (χ1n) is 6.37. The van der Waals surface area contributed by atoms with E-state index in [9.17, 15) is 0 Å². The van der Waals surface area contributed by atoms with E-state index in [1.807, 2.05) is 42.5 Å². The number of ether oxygens (including phenoxy) is 2. The van der Waals surface area contributed by atoms with Crippen molar-refractivity contribution in [2.75, 3.05) is 6.61 Å². The molecule has 4 heteroatoms. The predicted octanol–water partition coefficient (Wildman–Crippen LogP) is 1.79. The summed E-state index contributed by atoms with van der Waals surface area (Å²) in [6.07, 6.45) is 2.31. The summed E-state index contributed by atoms with van der Waals surface area (Å²) in [6.45, 7) is 0.477. The van der Waals surface area contributed by atoms with Crippen molar-refractivity contribution in [3.05, 3.63) is 54.4 Å². The van der Waals surface area contributed by atoms with Crippen molar-refractivity contribution in [3.8, 4) is 11.5 Å². The van der Waals surface area contributed by atoms with Gasteiger partial charge in [-0.05, 0) is 24.3 Å². The molecule has 2 atom stereocenters. The van der Waals surface area contributed by atoms with E-state index in [0.717, 1.165) is 17.2 Å². The van der Waals surface area contributed by atoms with Crippen molar-refractivity contribution in [1.29, 1.82) is 0 Å².